The van der Waals surface area contributed by atoms with Crippen LogP contribution in [-0.2, 0) is 23.2 Å². The first-order valence-electron chi connectivity index (χ1n) is 7.14. The first-order chi connectivity index (χ1) is 11.1. The fourth-order valence-corrected chi connectivity index (χ4v) is 2.44. The number of halogens is 1. The number of nitrogens with zero attached hydrogens (tertiary/aromatic N) is 2. The Morgan fingerprint density at radius 3 is 2.91 bits per heavy atom. The second kappa shape index (κ2) is 6.67. The highest BCUT2D eigenvalue weighted by Gasteiger charge is 2.07. The highest BCUT2D eigenvalue weighted by atomic mass is 35.5. The van der Waals surface area contributed by atoms with E-state index in [9.17, 15) is 4.79 Å². The number of fused-ring (bicyclic) bond motifs is 1. The van der Waals surface area contributed by atoms with Crippen molar-refractivity contribution in [1.29, 1.82) is 0 Å². The van der Waals surface area contributed by atoms with Gasteiger partial charge in [0.25, 0.3) is 0 Å². The van der Waals surface area contributed by atoms with Crippen LogP contribution in [0.25, 0.3) is 17.0 Å². The van der Waals surface area contributed by atoms with Gasteiger partial charge in [-0.05, 0) is 30.3 Å². The smallest absolute Gasteiger partial charge is 0.331 e. The second-order valence-electron chi connectivity index (χ2n) is 5.12. The van der Waals surface area contributed by atoms with E-state index < -0.39 is 5.97 Å². The number of aromatic nitrogens is 2. The number of para-hydroxylation sites is 1. The lowest BCUT2D eigenvalue weighted by molar-refractivity contribution is -0.138. The highest BCUT2D eigenvalue weighted by molar-refractivity contribution is 6.30. The van der Waals surface area contributed by atoms with Crippen LogP contribution in [0.5, 0.6) is 0 Å². The van der Waals surface area contributed by atoms with Crippen LogP contribution in [0.4, 0.5) is 0 Å². The maximum Gasteiger partial charge on any atom is 0.331 e. The minimum absolute atomic E-state index is 0.0903. The average Bonchev–Trinajstić information content (AvgIpc) is 2.96. The number of rotatable bonds is 4. The molecule has 3 aromatic rings. The molecule has 0 spiro atoms. The highest BCUT2D eigenvalue weighted by Crippen LogP contribution is 2.21. The molecule has 1 aromatic carbocycles. The number of esters is 1. The summed E-state index contributed by atoms with van der Waals surface area (Å²) in [5, 5.41) is 1.31. The Kier molecular flexibility index (Phi) is 4.44. The third kappa shape index (κ3) is 3.60. The summed E-state index contributed by atoms with van der Waals surface area (Å²) in [6.07, 6.45) is 5.02. The minimum atomic E-state index is -0.421. The second-order valence-corrected chi connectivity index (χ2v) is 5.47. The molecule has 0 fully saturated rings. The van der Waals surface area contributed by atoms with Crippen LogP contribution < -0.4 is 0 Å². The standard InChI is InChI=1S/C18H15ClN2O2/c1-21-10-4-6-15(21)8-9-17(22)23-12-14-11-13-5-2-3-7-16(13)20-18(14)19/h2-11H,12H2,1H3. The van der Waals surface area contributed by atoms with Crippen LogP contribution in [0.3, 0.4) is 0 Å². The van der Waals surface area contributed by atoms with E-state index in [0.717, 1.165) is 16.6 Å². The molecule has 0 aliphatic rings. The molecular weight excluding hydrogens is 312 g/mol. The number of ether oxygens (including phenoxy) is 1. The van der Waals surface area contributed by atoms with Crippen molar-refractivity contribution in [1.82, 2.24) is 9.55 Å². The van der Waals surface area contributed by atoms with Gasteiger partial charge in [0.1, 0.15) is 11.8 Å². The van der Waals surface area contributed by atoms with Gasteiger partial charge in [0.05, 0.1) is 5.52 Å². The van der Waals surface area contributed by atoms with Crippen molar-refractivity contribution in [2.24, 2.45) is 7.05 Å². The Labute approximate surface area is 139 Å². The van der Waals surface area contributed by atoms with Crippen molar-refractivity contribution in [2.45, 2.75) is 6.61 Å². The van der Waals surface area contributed by atoms with E-state index in [1.165, 1.54) is 6.08 Å². The molecule has 0 bridgehead atoms. The van der Waals surface area contributed by atoms with Gasteiger partial charge in [-0.25, -0.2) is 9.78 Å². The number of hydrogen-bond donors (Lipinski definition) is 0. The molecule has 2 heterocycles. The van der Waals surface area contributed by atoms with E-state index in [4.69, 9.17) is 16.3 Å². The van der Waals surface area contributed by atoms with Gasteiger partial charge in [-0.1, -0.05) is 29.8 Å². The maximum absolute atomic E-state index is 11.8. The zero-order valence-corrected chi connectivity index (χ0v) is 13.3. The van der Waals surface area contributed by atoms with Crippen LogP contribution in [0.2, 0.25) is 5.15 Å². The predicted octanol–water partition coefficient (Wildman–Crippen LogP) is 3.98. The fourth-order valence-electron chi connectivity index (χ4n) is 2.24. The van der Waals surface area contributed by atoms with E-state index in [0.29, 0.717) is 10.7 Å². The van der Waals surface area contributed by atoms with E-state index in [1.807, 2.05) is 60.3 Å². The van der Waals surface area contributed by atoms with Crippen molar-refractivity contribution in [2.75, 3.05) is 0 Å². The van der Waals surface area contributed by atoms with E-state index in [2.05, 4.69) is 4.98 Å². The number of hydrogen-bond acceptors (Lipinski definition) is 3. The van der Waals surface area contributed by atoms with E-state index >= 15 is 0 Å². The van der Waals surface area contributed by atoms with Crippen LogP contribution in [-0.4, -0.2) is 15.5 Å². The first-order valence-corrected chi connectivity index (χ1v) is 7.51. The summed E-state index contributed by atoms with van der Waals surface area (Å²) < 4.78 is 7.15. The molecule has 116 valence electrons. The molecule has 0 atom stereocenters. The quantitative estimate of drug-likeness (QED) is 0.414. The molecular formula is C18H15ClN2O2. The van der Waals surface area contributed by atoms with Crippen LogP contribution in [0, 0.1) is 0 Å². The van der Waals surface area contributed by atoms with Gasteiger partial charge in [-0.2, -0.15) is 0 Å². The molecule has 0 saturated heterocycles. The summed E-state index contributed by atoms with van der Waals surface area (Å²) in [6.45, 7) is 0.0903. The van der Waals surface area contributed by atoms with Crippen molar-refractivity contribution >= 4 is 34.5 Å². The molecule has 0 N–H and O–H groups in total. The zero-order chi connectivity index (χ0) is 16.2. The zero-order valence-electron chi connectivity index (χ0n) is 12.6. The normalized spacial score (nSPS) is 11.2. The van der Waals surface area contributed by atoms with Crippen molar-refractivity contribution < 1.29 is 9.53 Å². The maximum atomic E-state index is 11.8. The minimum Gasteiger partial charge on any atom is -0.458 e. The summed E-state index contributed by atoms with van der Waals surface area (Å²) in [5.74, 6) is -0.421. The Balaban J connectivity index is 1.68. The Morgan fingerprint density at radius 1 is 1.30 bits per heavy atom. The van der Waals surface area contributed by atoms with Gasteiger partial charge in [0, 0.05) is 36.0 Å². The van der Waals surface area contributed by atoms with Crippen LogP contribution >= 0.6 is 11.6 Å². The van der Waals surface area contributed by atoms with Gasteiger partial charge in [0.15, 0.2) is 0 Å². The lowest BCUT2D eigenvalue weighted by Crippen LogP contribution is -2.02. The molecule has 3 rings (SSSR count). The van der Waals surface area contributed by atoms with Gasteiger partial charge in [-0.3, -0.25) is 0 Å². The van der Waals surface area contributed by atoms with Crippen molar-refractivity contribution in [3.05, 3.63) is 71.1 Å². The number of pyridine rings is 1. The van der Waals surface area contributed by atoms with Gasteiger partial charge in [0.2, 0.25) is 0 Å². The monoisotopic (exact) mass is 326 g/mol. The summed E-state index contributed by atoms with van der Waals surface area (Å²) in [5.41, 5.74) is 2.43. The molecule has 0 unspecified atom stereocenters. The Hall–Kier alpha value is -2.59. The molecule has 0 radical (unpaired) electrons. The van der Waals surface area contributed by atoms with Crippen molar-refractivity contribution in [3.63, 3.8) is 0 Å². The summed E-state index contributed by atoms with van der Waals surface area (Å²) >= 11 is 6.14. The fraction of sp³-hybridized carbons (Fsp3) is 0.111. The predicted molar refractivity (Wildman–Crippen MR) is 91.0 cm³/mol. The van der Waals surface area contributed by atoms with Gasteiger partial charge in [-0.15, -0.1) is 0 Å². The van der Waals surface area contributed by atoms with Crippen LogP contribution in [0.1, 0.15) is 11.3 Å². The average molecular weight is 327 g/mol. The topological polar surface area (TPSA) is 44.1 Å². The summed E-state index contributed by atoms with van der Waals surface area (Å²) in [6, 6.07) is 13.4. The molecule has 23 heavy (non-hydrogen) atoms. The third-order valence-electron chi connectivity index (χ3n) is 3.49. The molecule has 2 aromatic heterocycles. The Morgan fingerprint density at radius 2 is 2.13 bits per heavy atom. The number of aryl methyl sites for hydroxylation is 1. The number of carbonyl (C=O) groups is 1. The molecule has 5 heteroatoms. The lowest BCUT2D eigenvalue weighted by atomic mass is 10.2. The molecule has 0 aliphatic carbocycles. The van der Waals surface area contributed by atoms with E-state index in [-0.39, 0.29) is 6.61 Å². The van der Waals surface area contributed by atoms with Crippen molar-refractivity contribution in [3.8, 4) is 0 Å². The molecule has 0 aliphatic heterocycles. The summed E-state index contributed by atoms with van der Waals surface area (Å²) in [7, 11) is 1.91. The SMILES string of the molecule is Cn1cccc1C=CC(=O)OCc1cc2ccccc2nc1Cl. The number of benzene rings is 1. The van der Waals surface area contributed by atoms with E-state index in [1.54, 1.807) is 6.08 Å². The Bertz CT molecular complexity index is 884. The lowest BCUT2D eigenvalue weighted by Gasteiger charge is -2.06. The molecule has 0 amide bonds. The van der Waals surface area contributed by atoms with Crippen LogP contribution in [0.15, 0.2) is 54.7 Å². The largest absolute Gasteiger partial charge is 0.458 e. The number of carbonyl (C=O) groups excluding carboxylic acids is 1. The third-order valence-corrected chi connectivity index (χ3v) is 3.82. The van der Waals surface area contributed by atoms with Gasteiger partial charge < -0.3 is 9.30 Å². The summed E-state index contributed by atoms with van der Waals surface area (Å²) in [4.78, 5) is 16.1. The first kappa shape index (κ1) is 15.3. The molecule has 4 nitrogen and oxygen atoms in total. The molecule has 0 saturated carbocycles. The van der Waals surface area contributed by atoms with Gasteiger partial charge >= 0.3 is 5.97 Å².